The average Bonchev–Trinajstić information content (AvgIpc) is 3.01. The highest BCUT2D eigenvalue weighted by molar-refractivity contribution is 5.93. The smallest absolute Gasteiger partial charge is 0.254 e. The number of hydrogen-bond donors (Lipinski definition) is 3. The van der Waals surface area contributed by atoms with Crippen LogP contribution >= 0.6 is 0 Å². The van der Waals surface area contributed by atoms with E-state index in [4.69, 9.17) is 0 Å². The van der Waals surface area contributed by atoms with Crippen LogP contribution in [0.25, 0.3) is 0 Å². The summed E-state index contributed by atoms with van der Waals surface area (Å²) in [5, 5.41) is 13.1. The Morgan fingerprint density at radius 2 is 1.92 bits per heavy atom. The molecule has 0 unspecified atom stereocenters. The summed E-state index contributed by atoms with van der Waals surface area (Å²) in [7, 11) is 0. The maximum atomic E-state index is 12.3. The number of H-pyrrole nitrogens is 1. The van der Waals surface area contributed by atoms with E-state index in [-0.39, 0.29) is 11.9 Å². The van der Waals surface area contributed by atoms with E-state index in [0.717, 1.165) is 17.1 Å². The maximum absolute atomic E-state index is 12.3. The lowest BCUT2D eigenvalue weighted by Crippen LogP contribution is -2.34. The second-order valence-electron chi connectivity index (χ2n) is 5.91. The summed E-state index contributed by atoms with van der Waals surface area (Å²) < 4.78 is 0. The molecule has 0 spiro atoms. The predicted molar refractivity (Wildman–Crippen MR) is 95.7 cm³/mol. The molecule has 25 heavy (non-hydrogen) atoms. The number of carbonyl (C=O) groups excluding carboxylic acids is 1. The molecule has 2 heterocycles. The molecule has 3 aromatic rings. The Kier molecular flexibility index (Phi) is 5.03. The molecule has 3 N–H and O–H groups in total. The van der Waals surface area contributed by atoms with Crippen molar-refractivity contribution in [3.05, 3.63) is 65.7 Å². The number of para-hydroxylation sites is 1. The zero-order valence-electron chi connectivity index (χ0n) is 14.2. The van der Waals surface area contributed by atoms with E-state index in [1.54, 1.807) is 0 Å². The van der Waals surface area contributed by atoms with Crippen LogP contribution in [0.15, 0.2) is 48.8 Å². The van der Waals surface area contributed by atoms with Gasteiger partial charge in [-0.25, -0.2) is 9.97 Å². The second-order valence-corrected chi connectivity index (χ2v) is 5.91. The first-order valence-corrected chi connectivity index (χ1v) is 8.06. The summed E-state index contributed by atoms with van der Waals surface area (Å²) in [6.45, 7) is 3.89. The summed E-state index contributed by atoms with van der Waals surface area (Å²) in [5.41, 5.74) is 3.23. The van der Waals surface area contributed by atoms with Gasteiger partial charge in [-0.1, -0.05) is 18.2 Å². The van der Waals surface area contributed by atoms with Gasteiger partial charge in [0.2, 0.25) is 5.95 Å². The molecule has 0 aliphatic rings. The van der Waals surface area contributed by atoms with Gasteiger partial charge in [-0.2, -0.15) is 5.10 Å². The Labute approximate surface area is 145 Å². The molecule has 0 radical (unpaired) electrons. The molecule has 3 rings (SSSR count). The Morgan fingerprint density at radius 3 is 2.56 bits per heavy atom. The van der Waals surface area contributed by atoms with Gasteiger partial charge in [0, 0.05) is 36.2 Å². The summed E-state index contributed by atoms with van der Waals surface area (Å²) in [6, 6.07) is 11.5. The van der Waals surface area contributed by atoms with Gasteiger partial charge in [-0.05, 0) is 32.0 Å². The molecule has 128 valence electrons. The van der Waals surface area contributed by atoms with E-state index in [9.17, 15) is 4.79 Å². The molecular weight excluding hydrogens is 316 g/mol. The van der Waals surface area contributed by atoms with Crippen molar-refractivity contribution in [3.8, 4) is 0 Å². The highest BCUT2D eigenvalue weighted by Crippen LogP contribution is 2.11. The molecule has 0 bridgehead atoms. The fourth-order valence-electron chi connectivity index (χ4n) is 2.41. The molecule has 0 saturated carbocycles. The SMILES string of the molecule is Cc1cc(C[C@@H](C)NC(=O)c2cnc(Nc3ccccc3)nc2)n[nH]1. The molecule has 0 aliphatic carbocycles. The van der Waals surface area contributed by atoms with Gasteiger partial charge < -0.3 is 10.6 Å². The molecule has 7 heteroatoms. The molecule has 1 aromatic carbocycles. The van der Waals surface area contributed by atoms with Gasteiger partial charge >= 0.3 is 0 Å². The van der Waals surface area contributed by atoms with Crippen LogP contribution in [0.1, 0.15) is 28.7 Å². The summed E-state index contributed by atoms with van der Waals surface area (Å²) in [6.07, 6.45) is 3.68. The normalized spacial score (nSPS) is 11.8. The van der Waals surface area contributed by atoms with Crippen molar-refractivity contribution in [3.63, 3.8) is 0 Å². The fourth-order valence-corrected chi connectivity index (χ4v) is 2.41. The van der Waals surface area contributed by atoms with Crippen LogP contribution in [-0.4, -0.2) is 32.1 Å². The van der Waals surface area contributed by atoms with Crippen LogP contribution < -0.4 is 10.6 Å². The van der Waals surface area contributed by atoms with Gasteiger partial charge in [0.25, 0.3) is 5.91 Å². The van der Waals surface area contributed by atoms with E-state index in [1.165, 1.54) is 12.4 Å². The van der Waals surface area contributed by atoms with E-state index >= 15 is 0 Å². The zero-order valence-corrected chi connectivity index (χ0v) is 14.2. The Morgan fingerprint density at radius 1 is 1.20 bits per heavy atom. The number of carbonyl (C=O) groups is 1. The minimum atomic E-state index is -0.203. The number of nitrogens with one attached hydrogen (secondary N) is 3. The van der Waals surface area contributed by atoms with E-state index in [1.807, 2.05) is 50.2 Å². The molecule has 0 aliphatic heterocycles. The summed E-state index contributed by atoms with van der Waals surface area (Å²) in [4.78, 5) is 20.7. The largest absolute Gasteiger partial charge is 0.349 e. The summed E-state index contributed by atoms with van der Waals surface area (Å²) in [5.74, 6) is 0.244. The van der Waals surface area contributed by atoms with Crippen LogP contribution in [0, 0.1) is 6.92 Å². The van der Waals surface area contributed by atoms with Crippen molar-refractivity contribution in [2.24, 2.45) is 0 Å². The quantitative estimate of drug-likeness (QED) is 0.643. The first kappa shape index (κ1) is 16.6. The number of hydrogen-bond acceptors (Lipinski definition) is 5. The number of aromatic nitrogens is 4. The van der Waals surface area contributed by atoms with Gasteiger partial charge in [0.05, 0.1) is 11.3 Å². The first-order chi connectivity index (χ1) is 12.1. The van der Waals surface area contributed by atoms with Crippen molar-refractivity contribution < 1.29 is 4.79 Å². The minimum absolute atomic E-state index is 0.0441. The van der Waals surface area contributed by atoms with Crippen molar-refractivity contribution in [1.29, 1.82) is 0 Å². The summed E-state index contributed by atoms with van der Waals surface area (Å²) >= 11 is 0. The van der Waals surface area contributed by atoms with Crippen LogP contribution in [-0.2, 0) is 6.42 Å². The molecule has 7 nitrogen and oxygen atoms in total. The number of aryl methyl sites for hydroxylation is 1. The van der Waals surface area contributed by atoms with Crippen molar-refractivity contribution in [2.45, 2.75) is 26.3 Å². The highest BCUT2D eigenvalue weighted by atomic mass is 16.1. The molecule has 1 atom stereocenters. The van der Waals surface area contributed by atoms with Gasteiger partial charge in [0.1, 0.15) is 0 Å². The molecule has 1 amide bonds. The monoisotopic (exact) mass is 336 g/mol. The van der Waals surface area contributed by atoms with Crippen LogP contribution in [0.3, 0.4) is 0 Å². The predicted octanol–water partition coefficient (Wildman–Crippen LogP) is 2.61. The number of rotatable bonds is 6. The van der Waals surface area contributed by atoms with E-state index < -0.39 is 0 Å². The molecule has 0 saturated heterocycles. The Balaban J connectivity index is 1.56. The lowest BCUT2D eigenvalue weighted by Gasteiger charge is -2.12. The molecule has 2 aromatic heterocycles. The lowest BCUT2D eigenvalue weighted by molar-refractivity contribution is 0.0939. The number of aromatic amines is 1. The standard InChI is InChI=1S/C18H20N6O/c1-12(8-16-9-13(2)23-24-16)21-17(25)14-10-19-18(20-11-14)22-15-6-4-3-5-7-15/h3-7,9-12H,8H2,1-2H3,(H,21,25)(H,23,24)(H,19,20,22)/t12-/m1/s1. The van der Waals surface area contributed by atoms with E-state index in [2.05, 4.69) is 30.8 Å². The zero-order chi connectivity index (χ0) is 17.6. The number of amides is 1. The Bertz CT molecular complexity index is 828. The Hall–Kier alpha value is -3.22. The maximum Gasteiger partial charge on any atom is 0.254 e. The third-order valence-electron chi connectivity index (χ3n) is 3.60. The third kappa shape index (κ3) is 4.63. The van der Waals surface area contributed by atoms with Crippen LogP contribution in [0.4, 0.5) is 11.6 Å². The third-order valence-corrected chi connectivity index (χ3v) is 3.60. The van der Waals surface area contributed by atoms with Crippen LogP contribution in [0.2, 0.25) is 0 Å². The highest BCUT2D eigenvalue weighted by Gasteiger charge is 2.12. The van der Waals surface area contributed by atoms with Gasteiger partial charge in [0.15, 0.2) is 0 Å². The lowest BCUT2D eigenvalue weighted by atomic mass is 10.1. The number of anilines is 2. The average molecular weight is 336 g/mol. The van der Waals surface area contributed by atoms with Gasteiger partial charge in [-0.3, -0.25) is 9.89 Å². The van der Waals surface area contributed by atoms with Crippen molar-refractivity contribution in [2.75, 3.05) is 5.32 Å². The number of benzene rings is 1. The molecular formula is C18H20N6O. The first-order valence-electron chi connectivity index (χ1n) is 8.06. The van der Waals surface area contributed by atoms with E-state index in [0.29, 0.717) is 17.9 Å². The number of nitrogens with zero attached hydrogens (tertiary/aromatic N) is 3. The second kappa shape index (κ2) is 7.57. The topological polar surface area (TPSA) is 95.6 Å². The van der Waals surface area contributed by atoms with Crippen molar-refractivity contribution in [1.82, 2.24) is 25.5 Å². The minimum Gasteiger partial charge on any atom is -0.349 e. The van der Waals surface area contributed by atoms with Crippen molar-refractivity contribution >= 4 is 17.5 Å². The fraction of sp³-hybridized carbons (Fsp3) is 0.222. The molecule has 0 fully saturated rings. The van der Waals surface area contributed by atoms with Gasteiger partial charge in [-0.15, -0.1) is 0 Å². The van der Waals surface area contributed by atoms with Crippen LogP contribution in [0.5, 0.6) is 0 Å².